The van der Waals surface area contributed by atoms with Crippen molar-refractivity contribution in [1.29, 1.82) is 0 Å². The number of fused-ring (bicyclic) bond motifs is 1. The van der Waals surface area contributed by atoms with Crippen LogP contribution < -0.4 is 5.32 Å². The lowest BCUT2D eigenvalue weighted by Crippen LogP contribution is -2.35. The highest BCUT2D eigenvalue weighted by Crippen LogP contribution is 2.22. The Bertz CT molecular complexity index is 1030. The maximum absolute atomic E-state index is 12.7. The molecule has 1 aliphatic rings. The van der Waals surface area contributed by atoms with Crippen LogP contribution in [-0.2, 0) is 10.0 Å². The molecule has 8 heteroatoms. The molecule has 7 nitrogen and oxygen atoms in total. The van der Waals surface area contributed by atoms with Gasteiger partial charge < -0.3 is 9.72 Å². The summed E-state index contributed by atoms with van der Waals surface area (Å²) in [6.07, 6.45) is 6.33. The quantitative estimate of drug-likeness (QED) is 0.750. The zero-order valence-electron chi connectivity index (χ0n) is 14.7. The molecule has 0 bridgehead atoms. The Labute approximate surface area is 157 Å². The number of sulfonamides is 1. The molecule has 4 rings (SSSR count). The maximum Gasteiger partial charge on any atom is 0.275 e. The Kier molecular flexibility index (Phi) is 4.67. The fourth-order valence-corrected chi connectivity index (χ4v) is 4.72. The minimum absolute atomic E-state index is 0.245. The second-order valence-corrected chi connectivity index (χ2v) is 8.47. The summed E-state index contributed by atoms with van der Waals surface area (Å²) in [6.45, 7) is 1.13. The maximum atomic E-state index is 12.7. The molecule has 3 heterocycles. The lowest BCUT2D eigenvalue weighted by atomic mass is 10.2. The molecule has 0 aliphatic carbocycles. The number of rotatable bonds is 4. The van der Waals surface area contributed by atoms with Crippen LogP contribution in [0.2, 0.25) is 0 Å². The number of pyridine rings is 1. The van der Waals surface area contributed by atoms with E-state index in [4.69, 9.17) is 0 Å². The van der Waals surface area contributed by atoms with Crippen molar-refractivity contribution in [3.63, 3.8) is 0 Å². The van der Waals surface area contributed by atoms with E-state index in [0.29, 0.717) is 30.1 Å². The molecule has 27 heavy (non-hydrogen) atoms. The van der Waals surface area contributed by atoms with Gasteiger partial charge in [0.25, 0.3) is 5.91 Å². The molecule has 1 amide bonds. The second kappa shape index (κ2) is 7.13. The standard InChI is InChI=1S/C19H20N4O3S/c24-19(17-14-22-11-5-2-6-18(22)21-17)20-15-7-9-16(10-8-15)27(25,26)23-12-3-1-4-13-23/h2,5-11,14H,1,3-4,12-13H2,(H,20,24). The molecular weight excluding hydrogens is 364 g/mol. The van der Waals surface area contributed by atoms with Crippen molar-refractivity contribution >= 4 is 27.3 Å². The van der Waals surface area contributed by atoms with Gasteiger partial charge in [-0.05, 0) is 49.2 Å². The normalized spacial score (nSPS) is 15.7. The van der Waals surface area contributed by atoms with E-state index in [1.54, 1.807) is 22.7 Å². The van der Waals surface area contributed by atoms with Crippen LogP contribution in [0.5, 0.6) is 0 Å². The van der Waals surface area contributed by atoms with Gasteiger partial charge in [0.05, 0.1) is 4.90 Å². The molecule has 140 valence electrons. The number of piperidine rings is 1. The van der Waals surface area contributed by atoms with E-state index in [2.05, 4.69) is 10.3 Å². The summed E-state index contributed by atoms with van der Waals surface area (Å²) in [6, 6.07) is 11.8. The minimum atomic E-state index is -3.47. The highest BCUT2D eigenvalue weighted by molar-refractivity contribution is 7.89. The number of carbonyl (C=O) groups excluding carboxylic acids is 1. The Hall–Kier alpha value is -2.71. The van der Waals surface area contributed by atoms with E-state index in [0.717, 1.165) is 19.3 Å². The summed E-state index contributed by atoms with van der Waals surface area (Å²) in [5.74, 6) is -0.342. The van der Waals surface area contributed by atoms with Gasteiger partial charge in [-0.1, -0.05) is 12.5 Å². The van der Waals surface area contributed by atoms with Crippen LogP contribution >= 0.6 is 0 Å². The monoisotopic (exact) mass is 384 g/mol. The number of amides is 1. The SMILES string of the molecule is O=C(Nc1ccc(S(=O)(=O)N2CCCCC2)cc1)c1cn2ccccc2n1. The first-order valence-electron chi connectivity index (χ1n) is 8.89. The van der Waals surface area contributed by atoms with Crippen LogP contribution in [0.3, 0.4) is 0 Å². The highest BCUT2D eigenvalue weighted by Gasteiger charge is 2.25. The molecule has 0 atom stereocenters. The lowest BCUT2D eigenvalue weighted by molar-refractivity contribution is 0.102. The van der Waals surface area contributed by atoms with Crippen molar-refractivity contribution in [3.05, 3.63) is 60.6 Å². The van der Waals surface area contributed by atoms with E-state index < -0.39 is 10.0 Å². The number of nitrogens with one attached hydrogen (secondary N) is 1. The number of imidazole rings is 1. The summed E-state index contributed by atoms with van der Waals surface area (Å²) in [4.78, 5) is 16.9. The van der Waals surface area contributed by atoms with E-state index in [9.17, 15) is 13.2 Å². The molecule has 0 radical (unpaired) electrons. The largest absolute Gasteiger partial charge is 0.321 e. The highest BCUT2D eigenvalue weighted by atomic mass is 32.2. The van der Waals surface area contributed by atoms with Crippen molar-refractivity contribution in [2.45, 2.75) is 24.2 Å². The van der Waals surface area contributed by atoms with Crippen LogP contribution in [0.25, 0.3) is 5.65 Å². The van der Waals surface area contributed by atoms with Gasteiger partial charge in [0.2, 0.25) is 10.0 Å². The van der Waals surface area contributed by atoms with Crippen LogP contribution in [0.15, 0.2) is 59.8 Å². The fourth-order valence-electron chi connectivity index (χ4n) is 3.20. The van der Waals surface area contributed by atoms with E-state index >= 15 is 0 Å². The predicted molar refractivity (Wildman–Crippen MR) is 102 cm³/mol. The van der Waals surface area contributed by atoms with Crippen molar-refractivity contribution in [1.82, 2.24) is 13.7 Å². The molecule has 3 aromatic rings. The van der Waals surface area contributed by atoms with Crippen molar-refractivity contribution in [3.8, 4) is 0 Å². The number of benzene rings is 1. The Morgan fingerprint density at radius 3 is 2.44 bits per heavy atom. The van der Waals surface area contributed by atoms with Gasteiger partial charge >= 0.3 is 0 Å². The van der Waals surface area contributed by atoms with Crippen molar-refractivity contribution in [2.24, 2.45) is 0 Å². The summed E-state index contributed by atoms with van der Waals surface area (Å²) in [5.41, 5.74) is 1.51. The molecular formula is C19H20N4O3S. The first-order chi connectivity index (χ1) is 13.0. The van der Waals surface area contributed by atoms with Gasteiger partial charge in [0.15, 0.2) is 0 Å². The number of hydrogen-bond donors (Lipinski definition) is 1. The Balaban J connectivity index is 1.49. The van der Waals surface area contributed by atoms with Gasteiger partial charge in [-0.2, -0.15) is 4.31 Å². The number of aromatic nitrogens is 2. The smallest absolute Gasteiger partial charge is 0.275 e. The summed E-state index contributed by atoms with van der Waals surface area (Å²) >= 11 is 0. The van der Waals surface area contributed by atoms with Gasteiger partial charge in [0.1, 0.15) is 11.3 Å². The number of hydrogen-bond acceptors (Lipinski definition) is 4. The number of carbonyl (C=O) groups is 1. The van der Waals surface area contributed by atoms with Gasteiger partial charge in [0, 0.05) is 31.2 Å². The third-order valence-corrected chi connectivity index (χ3v) is 6.57. The molecule has 0 unspecified atom stereocenters. The molecule has 2 aromatic heterocycles. The van der Waals surface area contributed by atoms with Gasteiger partial charge in [-0.25, -0.2) is 13.4 Å². The molecule has 0 spiro atoms. The summed E-state index contributed by atoms with van der Waals surface area (Å²) in [7, 11) is -3.47. The molecule has 1 aliphatic heterocycles. The second-order valence-electron chi connectivity index (χ2n) is 6.54. The average molecular weight is 384 g/mol. The van der Waals surface area contributed by atoms with Crippen molar-refractivity contribution in [2.75, 3.05) is 18.4 Å². The van der Waals surface area contributed by atoms with E-state index in [-0.39, 0.29) is 10.8 Å². The molecule has 1 fully saturated rings. The molecule has 1 aromatic carbocycles. The lowest BCUT2D eigenvalue weighted by Gasteiger charge is -2.25. The Morgan fingerprint density at radius 1 is 1.00 bits per heavy atom. The zero-order chi connectivity index (χ0) is 18.9. The van der Waals surface area contributed by atoms with Crippen molar-refractivity contribution < 1.29 is 13.2 Å². The molecule has 0 saturated carbocycles. The van der Waals surface area contributed by atoms with Gasteiger partial charge in [-0.15, -0.1) is 0 Å². The van der Waals surface area contributed by atoms with Crippen LogP contribution in [0.1, 0.15) is 29.8 Å². The topological polar surface area (TPSA) is 83.8 Å². The molecule has 1 N–H and O–H groups in total. The van der Waals surface area contributed by atoms with Crippen LogP contribution in [-0.4, -0.2) is 41.1 Å². The average Bonchev–Trinajstić information content (AvgIpc) is 3.13. The first kappa shape index (κ1) is 17.7. The number of nitrogens with zero attached hydrogens (tertiary/aromatic N) is 3. The van der Waals surface area contributed by atoms with Crippen LogP contribution in [0.4, 0.5) is 5.69 Å². The van der Waals surface area contributed by atoms with E-state index in [1.165, 1.54) is 16.4 Å². The first-order valence-corrected chi connectivity index (χ1v) is 10.3. The van der Waals surface area contributed by atoms with Gasteiger partial charge in [-0.3, -0.25) is 4.79 Å². The summed E-state index contributed by atoms with van der Waals surface area (Å²) < 4.78 is 28.6. The van der Waals surface area contributed by atoms with E-state index in [1.807, 2.05) is 24.4 Å². The third kappa shape index (κ3) is 3.58. The molecule has 1 saturated heterocycles. The summed E-state index contributed by atoms with van der Waals surface area (Å²) in [5, 5.41) is 2.75. The number of anilines is 1. The fraction of sp³-hybridized carbons (Fsp3) is 0.263. The Morgan fingerprint density at radius 2 is 1.74 bits per heavy atom. The van der Waals surface area contributed by atoms with Crippen LogP contribution in [0, 0.1) is 0 Å². The predicted octanol–water partition coefficient (Wildman–Crippen LogP) is 2.76. The minimum Gasteiger partial charge on any atom is -0.321 e. The third-order valence-electron chi connectivity index (χ3n) is 4.66. The zero-order valence-corrected chi connectivity index (χ0v) is 15.5.